The summed E-state index contributed by atoms with van der Waals surface area (Å²) in [5.41, 5.74) is 4.07. The molecular formula is C31H22ClN5O3. The Kier molecular flexibility index (Phi) is 6.67. The number of methoxy groups -OCH3 is 1. The molecule has 0 saturated heterocycles. The Morgan fingerprint density at radius 1 is 0.925 bits per heavy atom. The van der Waals surface area contributed by atoms with Crippen LogP contribution in [0.5, 0.6) is 5.75 Å². The minimum absolute atomic E-state index is 0.0828. The summed E-state index contributed by atoms with van der Waals surface area (Å²) in [6, 6.07) is 24.2. The molecule has 0 fully saturated rings. The molecule has 6 aromatic rings. The van der Waals surface area contributed by atoms with Crippen molar-refractivity contribution in [2.24, 2.45) is 0 Å². The van der Waals surface area contributed by atoms with E-state index in [-0.39, 0.29) is 23.5 Å². The second-order valence-corrected chi connectivity index (χ2v) is 9.53. The maximum Gasteiger partial charge on any atom is 0.232 e. The van der Waals surface area contributed by atoms with Crippen LogP contribution in [0.2, 0.25) is 5.02 Å². The van der Waals surface area contributed by atoms with Gasteiger partial charge in [-0.05, 0) is 35.9 Å². The van der Waals surface area contributed by atoms with Crippen LogP contribution in [0.15, 0.2) is 96.1 Å². The molecular weight excluding hydrogens is 526 g/mol. The summed E-state index contributed by atoms with van der Waals surface area (Å²) >= 11 is 6.59. The second-order valence-electron chi connectivity index (χ2n) is 9.12. The Hall–Kier alpha value is -5.08. The molecule has 0 unspecified atom stereocenters. The van der Waals surface area contributed by atoms with Gasteiger partial charge in [-0.1, -0.05) is 60.1 Å². The predicted octanol–water partition coefficient (Wildman–Crippen LogP) is 6.04. The van der Waals surface area contributed by atoms with E-state index in [2.05, 4.69) is 15.3 Å². The van der Waals surface area contributed by atoms with Gasteiger partial charge in [0, 0.05) is 28.9 Å². The number of halogens is 1. The number of aromatic nitrogens is 4. The molecule has 6 rings (SSSR count). The van der Waals surface area contributed by atoms with Crippen molar-refractivity contribution in [3.63, 3.8) is 0 Å². The number of rotatable bonds is 6. The lowest BCUT2D eigenvalue weighted by molar-refractivity contribution is -0.115. The first-order valence-electron chi connectivity index (χ1n) is 12.5. The van der Waals surface area contributed by atoms with Crippen LogP contribution in [0, 0.1) is 0 Å². The van der Waals surface area contributed by atoms with Gasteiger partial charge in [0.25, 0.3) is 0 Å². The fourth-order valence-electron chi connectivity index (χ4n) is 4.53. The van der Waals surface area contributed by atoms with Crippen molar-refractivity contribution >= 4 is 45.3 Å². The van der Waals surface area contributed by atoms with Crippen LogP contribution < -0.4 is 15.5 Å². The SMILES string of the molecule is COc1ccc(CC(=O)Nc2c[nH]c3nc(-c4ccccc4)c(-c4cc(Cl)c5ncccc5c4)nc3c2=O)cc1. The number of H-pyrrole nitrogens is 1. The summed E-state index contributed by atoms with van der Waals surface area (Å²) in [4.78, 5) is 43.3. The molecule has 9 heteroatoms. The standard InChI is InChI=1S/C31H22ClN5O3/c1-40-22-11-9-18(10-12-22)14-25(38)35-24-17-34-31-29(30(24)39)36-28(27(37-31)19-6-3-2-4-7-19)21-15-20-8-5-13-33-26(20)23(32)16-21/h2-13,15-17H,14H2,1H3,(H,35,38)(H,34,37,39). The zero-order chi connectivity index (χ0) is 27.6. The lowest BCUT2D eigenvalue weighted by Gasteiger charge is -2.12. The summed E-state index contributed by atoms with van der Waals surface area (Å²) in [6.07, 6.45) is 3.22. The van der Waals surface area contributed by atoms with Crippen molar-refractivity contribution in [3.05, 3.63) is 112 Å². The number of carbonyl (C=O) groups excluding carboxylic acids is 1. The molecule has 0 radical (unpaired) electrons. The summed E-state index contributed by atoms with van der Waals surface area (Å²) in [6.45, 7) is 0. The van der Waals surface area contributed by atoms with Gasteiger partial charge in [0.1, 0.15) is 11.4 Å². The molecule has 3 aromatic carbocycles. The molecule has 0 aliphatic rings. The van der Waals surface area contributed by atoms with E-state index in [0.717, 1.165) is 16.5 Å². The molecule has 3 heterocycles. The van der Waals surface area contributed by atoms with Crippen LogP contribution in [0.4, 0.5) is 5.69 Å². The topological polar surface area (TPSA) is 110 Å². The monoisotopic (exact) mass is 547 g/mol. The zero-order valence-electron chi connectivity index (χ0n) is 21.3. The average molecular weight is 548 g/mol. The number of amides is 1. The summed E-state index contributed by atoms with van der Waals surface area (Å²) in [7, 11) is 1.58. The van der Waals surface area contributed by atoms with E-state index in [1.165, 1.54) is 6.20 Å². The van der Waals surface area contributed by atoms with E-state index in [9.17, 15) is 9.59 Å². The number of pyridine rings is 2. The number of aromatic amines is 1. The Morgan fingerprint density at radius 3 is 2.48 bits per heavy atom. The van der Waals surface area contributed by atoms with Gasteiger partial charge in [-0.2, -0.15) is 0 Å². The van der Waals surface area contributed by atoms with Crippen LogP contribution >= 0.6 is 11.6 Å². The third-order valence-corrected chi connectivity index (χ3v) is 6.77. The van der Waals surface area contributed by atoms with Crippen LogP contribution in [0.1, 0.15) is 5.56 Å². The zero-order valence-corrected chi connectivity index (χ0v) is 22.1. The number of carbonyl (C=O) groups is 1. The smallest absolute Gasteiger partial charge is 0.232 e. The second kappa shape index (κ2) is 10.6. The average Bonchev–Trinajstić information content (AvgIpc) is 2.99. The Labute approximate surface area is 233 Å². The highest BCUT2D eigenvalue weighted by molar-refractivity contribution is 6.35. The van der Waals surface area contributed by atoms with E-state index in [4.69, 9.17) is 26.3 Å². The fraction of sp³-hybridized carbons (Fsp3) is 0.0645. The van der Waals surface area contributed by atoms with Crippen LogP contribution in [-0.4, -0.2) is 33.0 Å². The number of nitrogens with one attached hydrogen (secondary N) is 2. The van der Waals surface area contributed by atoms with Crippen molar-refractivity contribution in [2.75, 3.05) is 12.4 Å². The summed E-state index contributed by atoms with van der Waals surface area (Å²) in [5.74, 6) is 0.362. The first-order chi connectivity index (χ1) is 19.5. The van der Waals surface area contributed by atoms with E-state index in [1.807, 2.05) is 48.5 Å². The molecule has 8 nitrogen and oxygen atoms in total. The highest BCUT2D eigenvalue weighted by atomic mass is 35.5. The molecule has 0 atom stereocenters. The minimum Gasteiger partial charge on any atom is -0.497 e. The van der Waals surface area contributed by atoms with Crippen LogP contribution in [-0.2, 0) is 11.2 Å². The van der Waals surface area contributed by atoms with E-state index >= 15 is 0 Å². The van der Waals surface area contributed by atoms with Gasteiger partial charge in [-0.3, -0.25) is 14.6 Å². The lowest BCUT2D eigenvalue weighted by atomic mass is 10.0. The van der Waals surface area contributed by atoms with Gasteiger partial charge in [0.15, 0.2) is 11.2 Å². The van der Waals surface area contributed by atoms with E-state index in [1.54, 1.807) is 43.6 Å². The lowest BCUT2D eigenvalue weighted by Crippen LogP contribution is -2.21. The predicted molar refractivity (Wildman–Crippen MR) is 157 cm³/mol. The minimum atomic E-state index is -0.446. The maximum atomic E-state index is 13.5. The van der Waals surface area contributed by atoms with Crippen molar-refractivity contribution in [3.8, 4) is 28.3 Å². The van der Waals surface area contributed by atoms with E-state index in [0.29, 0.717) is 38.9 Å². The Morgan fingerprint density at radius 2 is 1.70 bits per heavy atom. The normalized spacial score (nSPS) is 11.1. The highest BCUT2D eigenvalue weighted by Crippen LogP contribution is 2.34. The fourth-order valence-corrected chi connectivity index (χ4v) is 4.80. The van der Waals surface area contributed by atoms with Gasteiger partial charge in [0.2, 0.25) is 11.3 Å². The highest BCUT2D eigenvalue weighted by Gasteiger charge is 2.18. The maximum absolute atomic E-state index is 13.5. The number of benzene rings is 3. The third kappa shape index (κ3) is 4.88. The first kappa shape index (κ1) is 25.2. The van der Waals surface area contributed by atoms with Crippen LogP contribution in [0.25, 0.3) is 44.6 Å². The molecule has 0 aliphatic heterocycles. The molecule has 40 heavy (non-hydrogen) atoms. The van der Waals surface area contributed by atoms with Gasteiger partial charge >= 0.3 is 0 Å². The van der Waals surface area contributed by atoms with Crippen molar-refractivity contribution < 1.29 is 9.53 Å². The number of hydrogen-bond donors (Lipinski definition) is 2. The van der Waals surface area contributed by atoms with Crippen molar-refractivity contribution in [2.45, 2.75) is 6.42 Å². The van der Waals surface area contributed by atoms with Gasteiger partial charge in [0.05, 0.1) is 35.5 Å². The van der Waals surface area contributed by atoms with Crippen molar-refractivity contribution in [1.29, 1.82) is 0 Å². The number of anilines is 1. The number of hydrogen-bond acceptors (Lipinski definition) is 6. The summed E-state index contributed by atoms with van der Waals surface area (Å²) in [5, 5.41) is 4.00. The van der Waals surface area contributed by atoms with Gasteiger partial charge < -0.3 is 15.0 Å². The molecule has 1 amide bonds. The molecule has 0 aliphatic carbocycles. The molecule has 196 valence electrons. The quantitative estimate of drug-likeness (QED) is 0.263. The molecule has 0 bridgehead atoms. The molecule has 2 N–H and O–H groups in total. The Balaban J connectivity index is 1.44. The van der Waals surface area contributed by atoms with Gasteiger partial charge in [-0.25, -0.2) is 9.97 Å². The number of fused-ring (bicyclic) bond motifs is 2. The molecule has 3 aromatic heterocycles. The number of ether oxygens (including phenoxy) is 1. The van der Waals surface area contributed by atoms with E-state index < -0.39 is 5.43 Å². The van der Waals surface area contributed by atoms with Crippen LogP contribution in [0.3, 0.4) is 0 Å². The first-order valence-corrected chi connectivity index (χ1v) is 12.8. The van der Waals surface area contributed by atoms with Crippen molar-refractivity contribution in [1.82, 2.24) is 19.9 Å². The number of nitrogens with zero attached hydrogens (tertiary/aromatic N) is 3. The largest absolute Gasteiger partial charge is 0.497 e. The Bertz CT molecular complexity index is 1940. The summed E-state index contributed by atoms with van der Waals surface area (Å²) < 4.78 is 5.16. The molecule has 0 saturated carbocycles. The third-order valence-electron chi connectivity index (χ3n) is 6.49. The molecule has 0 spiro atoms. The van der Waals surface area contributed by atoms with Gasteiger partial charge in [-0.15, -0.1) is 0 Å².